The Hall–Kier alpha value is -2.73. The lowest BCUT2D eigenvalue weighted by Gasteiger charge is -2.08. The quantitative estimate of drug-likeness (QED) is 0.791. The number of nitrogens with one attached hydrogen (secondary N) is 1. The zero-order chi connectivity index (χ0) is 17.1. The van der Waals surface area contributed by atoms with Gasteiger partial charge in [0.25, 0.3) is 0 Å². The first-order valence-corrected chi connectivity index (χ1v) is 7.79. The van der Waals surface area contributed by atoms with Gasteiger partial charge in [-0.25, -0.2) is 14.6 Å². The largest absolute Gasteiger partial charge is 0.310 e. The number of hydrogen-bond donors (Lipinski definition) is 1. The molecule has 1 amide bonds. The molecule has 0 aliphatic rings. The second-order valence-electron chi connectivity index (χ2n) is 5.42. The summed E-state index contributed by atoms with van der Waals surface area (Å²) in [7, 11) is 0. The molecule has 0 aliphatic heterocycles. The number of halogens is 1. The van der Waals surface area contributed by atoms with Crippen LogP contribution >= 0.6 is 11.6 Å². The van der Waals surface area contributed by atoms with E-state index in [9.17, 15) is 4.79 Å². The van der Waals surface area contributed by atoms with Crippen LogP contribution in [0.2, 0.25) is 5.02 Å². The third kappa shape index (κ3) is 3.60. The summed E-state index contributed by atoms with van der Waals surface area (Å²) in [6, 6.07) is 10.9. The molecular formula is C17H16ClN5O. The Morgan fingerprint density at radius 2 is 2.00 bits per heavy atom. The summed E-state index contributed by atoms with van der Waals surface area (Å²) >= 11 is 6.08. The summed E-state index contributed by atoms with van der Waals surface area (Å²) in [5, 5.41) is 7.71. The molecule has 1 N–H and O–H groups in total. The van der Waals surface area contributed by atoms with Gasteiger partial charge in [0.05, 0.1) is 12.1 Å². The van der Waals surface area contributed by atoms with Crippen LogP contribution < -0.4 is 5.32 Å². The number of aryl methyl sites for hydroxylation is 2. The van der Waals surface area contributed by atoms with E-state index < -0.39 is 0 Å². The minimum Gasteiger partial charge on any atom is -0.310 e. The number of rotatable bonds is 4. The predicted molar refractivity (Wildman–Crippen MR) is 92.4 cm³/mol. The van der Waals surface area contributed by atoms with E-state index in [-0.39, 0.29) is 12.3 Å². The molecule has 6 nitrogen and oxygen atoms in total. The van der Waals surface area contributed by atoms with E-state index in [1.165, 1.54) is 6.33 Å². The van der Waals surface area contributed by atoms with Gasteiger partial charge in [-0.2, -0.15) is 5.10 Å². The van der Waals surface area contributed by atoms with Gasteiger partial charge >= 0.3 is 0 Å². The van der Waals surface area contributed by atoms with Gasteiger partial charge in [0.2, 0.25) is 5.91 Å². The SMILES string of the molecule is Cc1cc(C)n(-c2cc(NC(=O)Cc3ccccc3Cl)ncn2)n1. The molecule has 24 heavy (non-hydrogen) atoms. The van der Waals surface area contributed by atoms with Gasteiger partial charge in [-0.15, -0.1) is 0 Å². The monoisotopic (exact) mass is 341 g/mol. The van der Waals surface area contributed by atoms with Crippen molar-refractivity contribution in [1.82, 2.24) is 19.7 Å². The molecule has 2 heterocycles. The normalized spacial score (nSPS) is 10.6. The third-order valence-corrected chi connectivity index (χ3v) is 3.82. The molecular weight excluding hydrogens is 326 g/mol. The van der Waals surface area contributed by atoms with Crippen LogP contribution in [0.15, 0.2) is 42.7 Å². The number of hydrogen-bond acceptors (Lipinski definition) is 4. The highest BCUT2D eigenvalue weighted by molar-refractivity contribution is 6.31. The van der Waals surface area contributed by atoms with E-state index in [1.807, 2.05) is 38.1 Å². The maximum atomic E-state index is 12.2. The average Bonchev–Trinajstić information content (AvgIpc) is 2.88. The Morgan fingerprint density at radius 1 is 1.21 bits per heavy atom. The number of carbonyl (C=O) groups excluding carboxylic acids is 1. The highest BCUT2D eigenvalue weighted by atomic mass is 35.5. The molecule has 0 aliphatic carbocycles. The molecule has 0 radical (unpaired) electrons. The highest BCUT2D eigenvalue weighted by Gasteiger charge is 2.10. The van der Waals surface area contributed by atoms with Gasteiger partial charge < -0.3 is 5.32 Å². The Morgan fingerprint density at radius 3 is 2.71 bits per heavy atom. The van der Waals surface area contributed by atoms with E-state index >= 15 is 0 Å². The molecule has 0 saturated heterocycles. The molecule has 0 spiro atoms. The van der Waals surface area contributed by atoms with Crippen LogP contribution in [0.1, 0.15) is 17.0 Å². The fraction of sp³-hybridized carbons (Fsp3) is 0.176. The lowest BCUT2D eigenvalue weighted by Crippen LogP contribution is -2.16. The van der Waals surface area contributed by atoms with Crippen molar-refractivity contribution in [3.63, 3.8) is 0 Å². The molecule has 122 valence electrons. The lowest BCUT2D eigenvalue weighted by molar-refractivity contribution is -0.115. The minimum atomic E-state index is -0.193. The molecule has 0 fully saturated rings. The van der Waals surface area contributed by atoms with Crippen LogP contribution in [0.5, 0.6) is 0 Å². The van der Waals surface area contributed by atoms with Crippen LogP contribution in [0.25, 0.3) is 5.82 Å². The van der Waals surface area contributed by atoms with E-state index in [1.54, 1.807) is 16.8 Å². The first-order valence-electron chi connectivity index (χ1n) is 7.42. The van der Waals surface area contributed by atoms with Crippen LogP contribution in [-0.2, 0) is 11.2 Å². The van der Waals surface area contributed by atoms with Crippen molar-refractivity contribution in [3.05, 3.63) is 64.7 Å². The average molecular weight is 342 g/mol. The Balaban J connectivity index is 1.76. The summed E-state index contributed by atoms with van der Waals surface area (Å²) in [6.07, 6.45) is 1.58. The van der Waals surface area contributed by atoms with Crippen molar-refractivity contribution >= 4 is 23.3 Å². The van der Waals surface area contributed by atoms with Gasteiger partial charge in [-0.3, -0.25) is 4.79 Å². The third-order valence-electron chi connectivity index (χ3n) is 3.46. The fourth-order valence-corrected chi connectivity index (χ4v) is 2.60. The predicted octanol–water partition coefficient (Wildman–Crippen LogP) is 3.11. The summed E-state index contributed by atoms with van der Waals surface area (Å²) < 4.78 is 1.71. The molecule has 1 aromatic carbocycles. The molecule has 3 aromatic rings. The second kappa shape index (κ2) is 6.80. The number of aromatic nitrogens is 4. The van der Waals surface area contributed by atoms with E-state index in [4.69, 9.17) is 11.6 Å². The molecule has 0 unspecified atom stereocenters. The van der Waals surface area contributed by atoms with Crippen LogP contribution in [0.3, 0.4) is 0 Å². The number of amides is 1. The summed E-state index contributed by atoms with van der Waals surface area (Å²) in [4.78, 5) is 20.5. The Bertz CT molecular complexity index is 890. The first kappa shape index (κ1) is 16.1. The number of nitrogens with zero attached hydrogens (tertiary/aromatic N) is 4. The van der Waals surface area contributed by atoms with Crippen molar-refractivity contribution in [2.24, 2.45) is 0 Å². The van der Waals surface area contributed by atoms with Crippen molar-refractivity contribution < 1.29 is 4.79 Å². The standard InChI is InChI=1S/C17H16ClN5O/c1-11-7-12(2)23(22-11)16-9-15(19-10-20-16)21-17(24)8-13-5-3-4-6-14(13)18/h3-7,9-10H,8H2,1-2H3,(H,19,20,21,24). The zero-order valence-electron chi connectivity index (χ0n) is 13.3. The van der Waals surface area contributed by atoms with E-state index in [0.29, 0.717) is 16.7 Å². The zero-order valence-corrected chi connectivity index (χ0v) is 14.1. The van der Waals surface area contributed by atoms with Crippen LogP contribution in [-0.4, -0.2) is 25.7 Å². The smallest absolute Gasteiger partial charge is 0.230 e. The van der Waals surface area contributed by atoms with Crippen molar-refractivity contribution in [3.8, 4) is 5.82 Å². The van der Waals surface area contributed by atoms with Crippen molar-refractivity contribution in [2.75, 3.05) is 5.32 Å². The number of anilines is 1. The van der Waals surface area contributed by atoms with E-state index in [2.05, 4.69) is 20.4 Å². The molecule has 2 aromatic heterocycles. The van der Waals surface area contributed by atoms with Gasteiger partial charge in [-0.05, 0) is 31.5 Å². The summed E-state index contributed by atoms with van der Waals surface area (Å²) in [6.45, 7) is 3.86. The minimum absolute atomic E-state index is 0.179. The topological polar surface area (TPSA) is 72.7 Å². The van der Waals surface area contributed by atoms with Crippen LogP contribution in [0.4, 0.5) is 5.82 Å². The molecule has 7 heteroatoms. The molecule has 0 bridgehead atoms. The molecule has 3 rings (SSSR count). The first-order chi connectivity index (χ1) is 11.5. The summed E-state index contributed by atoms with van der Waals surface area (Å²) in [5.41, 5.74) is 2.62. The van der Waals surface area contributed by atoms with Crippen molar-refractivity contribution in [2.45, 2.75) is 20.3 Å². The van der Waals surface area contributed by atoms with Gasteiger partial charge in [0, 0.05) is 16.8 Å². The number of benzene rings is 1. The number of carbonyl (C=O) groups is 1. The highest BCUT2D eigenvalue weighted by Crippen LogP contribution is 2.16. The summed E-state index contributed by atoms with van der Waals surface area (Å²) in [5.74, 6) is 0.828. The van der Waals surface area contributed by atoms with E-state index in [0.717, 1.165) is 17.0 Å². The second-order valence-corrected chi connectivity index (χ2v) is 5.82. The van der Waals surface area contributed by atoms with Gasteiger partial charge in [0.15, 0.2) is 5.82 Å². The molecule has 0 atom stereocenters. The molecule has 0 saturated carbocycles. The fourth-order valence-electron chi connectivity index (χ4n) is 2.39. The maximum absolute atomic E-state index is 12.2. The van der Waals surface area contributed by atoms with Gasteiger partial charge in [0.1, 0.15) is 12.1 Å². The maximum Gasteiger partial charge on any atom is 0.230 e. The van der Waals surface area contributed by atoms with Crippen LogP contribution in [0, 0.1) is 13.8 Å². The van der Waals surface area contributed by atoms with Gasteiger partial charge in [-0.1, -0.05) is 29.8 Å². The van der Waals surface area contributed by atoms with Crippen molar-refractivity contribution in [1.29, 1.82) is 0 Å². The Kier molecular flexibility index (Phi) is 4.57. The Labute approximate surface area is 144 Å². The lowest BCUT2D eigenvalue weighted by atomic mass is 10.1.